The molecule has 0 atom stereocenters. The Morgan fingerprint density at radius 3 is 2.73 bits per heavy atom. The van der Waals surface area contributed by atoms with Gasteiger partial charge in [0.1, 0.15) is 0 Å². The van der Waals surface area contributed by atoms with Crippen LogP contribution in [0.2, 0.25) is 0 Å². The summed E-state index contributed by atoms with van der Waals surface area (Å²) in [6.07, 6.45) is 6.33. The molecule has 0 aliphatic heterocycles. The molecule has 0 spiro atoms. The van der Waals surface area contributed by atoms with Gasteiger partial charge in [0.2, 0.25) is 0 Å². The molecule has 1 aromatic heterocycles. The number of hydrogen-bond donors (Lipinski definition) is 0. The predicted molar refractivity (Wildman–Crippen MR) is 52.8 cm³/mol. The van der Waals surface area contributed by atoms with Crippen molar-refractivity contribution in [2.24, 2.45) is 0 Å². The first-order valence-corrected chi connectivity index (χ1v) is 4.59. The summed E-state index contributed by atoms with van der Waals surface area (Å²) in [5.74, 6) is 0. The zero-order chi connectivity index (χ0) is 8.10. The molecule has 0 N–H and O–H groups in total. The molecule has 0 bridgehead atoms. The van der Waals surface area contributed by atoms with Crippen LogP contribution in [0.15, 0.2) is 35.7 Å². The quantitative estimate of drug-likeness (QED) is 0.584. The molecule has 0 nitrogen and oxygen atoms in total. The molecule has 11 heavy (non-hydrogen) atoms. The molecule has 0 unspecified atom stereocenters. The van der Waals surface area contributed by atoms with Crippen LogP contribution in [0, 0.1) is 0 Å². The lowest BCUT2D eigenvalue weighted by Gasteiger charge is -1.94. The van der Waals surface area contributed by atoms with E-state index in [1.807, 2.05) is 6.92 Å². The zero-order valence-corrected chi connectivity index (χ0v) is 7.69. The van der Waals surface area contributed by atoms with Crippen LogP contribution in [-0.2, 0) is 0 Å². The summed E-state index contributed by atoms with van der Waals surface area (Å²) in [7, 11) is 0. The Balaban J connectivity index is 2.89. The molecule has 1 heterocycles. The Morgan fingerprint density at radius 1 is 1.45 bits per heavy atom. The fourth-order valence-electron chi connectivity index (χ4n) is 0.943. The summed E-state index contributed by atoms with van der Waals surface area (Å²) in [5.41, 5.74) is 1.31. The maximum Gasteiger partial charge on any atom is 0.0339 e. The summed E-state index contributed by atoms with van der Waals surface area (Å²) in [6.45, 7) is 4.10. The second-order valence-electron chi connectivity index (χ2n) is 2.22. The van der Waals surface area contributed by atoms with Crippen LogP contribution in [0.3, 0.4) is 0 Å². The second kappa shape index (κ2) is 4.14. The third-order valence-electron chi connectivity index (χ3n) is 1.46. The molecule has 1 rings (SSSR count). The average molecular weight is 164 g/mol. The van der Waals surface area contributed by atoms with Crippen molar-refractivity contribution in [3.63, 3.8) is 0 Å². The Morgan fingerprint density at radius 2 is 2.27 bits per heavy atom. The molecule has 1 aromatic rings. The normalized spacial score (nSPS) is 12.7. The molecule has 0 aliphatic rings. The highest BCUT2D eigenvalue weighted by Gasteiger charge is 1.94. The Hall–Kier alpha value is -0.820. The lowest BCUT2D eigenvalue weighted by molar-refractivity contribution is 1.68. The standard InChI is InChI=1S/C10H12S/c1-3-6-9(4-2)10-7-5-8-11-10/h3-8H,1-2H3/b6-3+,9-4-. The molecule has 0 amide bonds. The lowest BCUT2D eigenvalue weighted by atomic mass is 10.2. The minimum absolute atomic E-state index is 1.31. The number of thiophene rings is 1. The van der Waals surface area contributed by atoms with E-state index >= 15 is 0 Å². The molecular formula is C10H12S. The van der Waals surface area contributed by atoms with Crippen molar-refractivity contribution in [2.75, 3.05) is 0 Å². The van der Waals surface area contributed by atoms with Crippen molar-refractivity contribution in [3.05, 3.63) is 40.6 Å². The smallest absolute Gasteiger partial charge is 0.0339 e. The third kappa shape index (κ3) is 2.05. The minimum Gasteiger partial charge on any atom is -0.144 e. The topological polar surface area (TPSA) is 0 Å². The van der Waals surface area contributed by atoms with Crippen LogP contribution in [0.5, 0.6) is 0 Å². The summed E-state index contributed by atoms with van der Waals surface area (Å²) >= 11 is 1.78. The van der Waals surface area contributed by atoms with Gasteiger partial charge in [0.15, 0.2) is 0 Å². The van der Waals surface area contributed by atoms with E-state index in [1.165, 1.54) is 10.5 Å². The molecule has 0 aliphatic carbocycles. The van der Waals surface area contributed by atoms with Gasteiger partial charge in [-0.3, -0.25) is 0 Å². The van der Waals surface area contributed by atoms with E-state index in [-0.39, 0.29) is 0 Å². The largest absolute Gasteiger partial charge is 0.144 e. The van der Waals surface area contributed by atoms with Gasteiger partial charge in [-0.25, -0.2) is 0 Å². The average Bonchev–Trinajstić information content (AvgIpc) is 2.52. The lowest BCUT2D eigenvalue weighted by Crippen LogP contribution is -1.70. The highest BCUT2D eigenvalue weighted by atomic mass is 32.1. The number of hydrogen-bond acceptors (Lipinski definition) is 1. The van der Waals surface area contributed by atoms with E-state index in [0.29, 0.717) is 0 Å². The van der Waals surface area contributed by atoms with Crippen molar-refractivity contribution < 1.29 is 0 Å². The molecule has 0 fully saturated rings. The van der Waals surface area contributed by atoms with Gasteiger partial charge in [-0.15, -0.1) is 11.3 Å². The summed E-state index contributed by atoms with van der Waals surface area (Å²) in [6, 6.07) is 4.22. The highest BCUT2D eigenvalue weighted by molar-refractivity contribution is 7.11. The van der Waals surface area contributed by atoms with Gasteiger partial charge in [-0.1, -0.05) is 24.3 Å². The zero-order valence-electron chi connectivity index (χ0n) is 6.87. The fraction of sp³-hybridized carbons (Fsp3) is 0.200. The third-order valence-corrected chi connectivity index (χ3v) is 2.38. The Labute approximate surface area is 71.9 Å². The van der Waals surface area contributed by atoms with Crippen LogP contribution >= 0.6 is 11.3 Å². The van der Waals surface area contributed by atoms with E-state index in [0.717, 1.165) is 0 Å². The number of allylic oxidation sites excluding steroid dienone is 4. The van der Waals surface area contributed by atoms with Crippen LogP contribution in [0.1, 0.15) is 18.7 Å². The Bertz CT molecular complexity index is 252. The first-order valence-electron chi connectivity index (χ1n) is 3.71. The van der Waals surface area contributed by atoms with Gasteiger partial charge >= 0.3 is 0 Å². The van der Waals surface area contributed by atoms with Gasteiger partial charge in [0.05, 0.1) is 0 Å². The van der Waals surface area contributed by atoms with Gasteiger partial charge < -0.3 is 0 Å². The van der Waals surface area contributed by atoms with Gasteiger partial charge in [-0.05, 0) is 30.9 Å². The van der Waals surface area contributed by atoms with Gasteiger partial charge in [0.25, 0.3) is 0 Å². The first kappa shape index (κ1) is 8.28. The maximum absolute atomic E-state index is 2.14. The Kier molecular flexibility index (Phi) is 3.12. The first-order chi connectivity index (χ1) is 5.38. The minimum atomic E-state index is 1.31. The molecule has 0 saturated heterocycles. The van der Waals surface area contributed by atoms with Crippen molar-refractivity contribution in [3.8, 4) is 0 Å². The van der Waals surface area contributed by atoms with Crippen LogP contribution in [-0.4, -0.2) is 0 Å². The monoisotopic (exact) mass is 164 g/mol. The number of rotatable bonds is 2. The van der Waals surface area contributed by atoms with Gasteiger partial charge in [0, 0.05) is 4.88 Å². The molecule has 0 radical (unpaired) electrons. The van der Waals surface area contributed by atoms with Crippen molar-refractivity contribution in [1.29, 1.82) is 0 Å². The predicted octanol–water partition coefficient (Wildman–Crippen LogP) is 3.73. The SMILES string of the molecule is C/C=C(/C=C/C)c1cccs1. The summed E-state index contributed by atoms with van der Waals surface area (Å²) < 4.78 is 0. The molecule has 1 heteroatoms. The highest BCUT2D eigenvalue weighted by Crippen LogP contribution is 2.20. The van der Waals surface area contributed by atoms with E-state index in [9.17, 15) is 0 Å². The van der Waals surface area contributed by atoms with Crippen LogP contribution < -0.4 is 0 Å². The molecule has 0 aromatic carbocycles. The molecule has 0 saturated carbocycles. The van der Waals surface area contributed by atoms with E-state index in [1.54, 1.807) is 11.3 Å². The van der Waals surface area contributed by atoms with E-state index < -0.39 is 0 Å². The molecular weight excluding hydrogens is 152 g/mol. The second-order valence-corrected chi connectivity index (χ2v) is 3.17. The molecule has 58 valence electrons. The van der Waals surface area contributed by atoms with Crippen LogP contribution in [0.4, 0.5) is 0 Å². The van der Waals surface area contributed by atoms with Crippen molar-refractivity contribution in [1.82, 2.24) is 0 Å². The maximum atomic E-state index is 2.14. The van der Waals surface area contributed by atoms with E-state index in [2.05, 4.69) is 42.7 Å². The summed E-state index contributed by atoms with van der Waals surface area (Å²) in [5, 5.41) is 2.10. The van der Waals surface area contributed by atoms with E-state index in [4.69, 9.17) is 0 Å². The summed E-state index contributed by atoms with van der Waals surface area (Å²) in [4.78, 5) is 1.34. The van der Waals surface area contributed by atoms with Crippen LogP contribution in [0.25, 0.3) is 5.57 Å². The van der Waals surface area contributed by atoms with Gasteiger partial charge in [-0.2, -0.15) is 0 Å². The van der Waals surface area contributed by atoms with Crippen molar-refractivity contribution in [2.45, 2.75) is 13.8 Å². The van der Waals surface area contributed by atoms with Crippen molar-refractivity contribution >= 4 is 16.9 Å². The fourth-order valence-corrected chi connectivity index (χ4v) is 1.73.